The van der Waals surface area contributed by atoms with Crippen molar-refractivity contribution in [3.8, 4) is 0 Å². The van der Waals surface area contributed by atoms with Crippen LogP contribution in [0.4, 0.5) is 0 Å². The van der Waals surface area contributed by atoms with E-state index in [9.17, 15) is 0 Å². The summed E-state index contributed by atoms with van der Waals surface area (Å²) in [5, 5.41) is 0.893. The molecule has 2 aromatic carbocycles. The maximum absolute atomic E-state index is 7.08. The van der Waals surface area contributed by atoms with E-state index in [0.717, 1.165) is 76.9 Å². The van der Waals surface area contributed by atoms with Gasteiger partial charge in [-0.25, -0.2) is 4.58 Å². The van der Waals surface area contributed by atoms with Gasteiger partial charge in [0.1, 0.15) is 13.2 Å². The van der Waals surface area contributed by atoms with Crippen LogP contribution in [0.3, 0.4) is 0 Å². The quantitative estimate of drug-likeness (QED) is 0.380. The molecule has 39 heavy (non-hydrogen) atoms. The van der Waals surface area contributed by atoms with Gasteiger partial charge in [0.25, 0.3) is 0 Å². The molecule has 0 N–H and O–H groups in total. The minimum Gasteiger partial charge on any atom is -0.378 e. The number of nitrogens with zero attached hydrogens (tertiary/aromatic N) is 2. The monoisotopic (exact) mass is 543 g/mol. The number of benzene rings is 2. The topological polar surface area (TPSA) is 24.7 Å². The van der Waals surface area contributed by atoms with Crippen LogP contribution < -0.4 is 0 Å². The molecule has 0 radical (unpaired) electrons. The van der Waals surface area contributed by atoms with Crippen LogP contribution in [0.25, 0.3) is 5.70 Å². The van der Waals surface area contributed by atoms with Crippen LogP contribution in [-0.2, 0) is 9.47 Å². The zero-order valence-electron chi connectivity index (χ0n) is 23.3. The molecule has 2 heterocycles. The maximum Gasteiger partial charge on any atom is 0.207 e. The van der Waals surface area contributed by atoms with Crippen molar-refractivity contribution < 1.29 is 14.0 Å². The molecule has 2 fully saturated rings. The van der Waals surface area contributed by atoms with Gasteiger partial charge in [-0.2, -0.15) is 0 Å². The van der Waals surface area contributed by atoms with Gasteiger partial charge in [0.05, 0.1) is 13.2 Å². The molecule has 0 aromatic heterocycles. The third-order valence-corrected chi connectivity index (χ3v) is 8.22. The molecule has 0 atom stereocenters. The van der Waals surface area contributed by atoms with Gasteiger partial charge in [-0.3, -0.25) is 0 Å². The summed E-state index contributed by atoms with van der Waals surface area (Å²) < 4.78 is 13.7. The molecular formula is C34H40ClN2O2+. The summed E-state index contributed by atoms with van der Waals surface area (Å²) in [5.41, 5.74) is 9.91. The van der Waals surface area contributed by atoms with Gasteiger partial charge in [-0.15, -0.1) is 0 Å². The fraction of sp³-hybridized carbons (Fsp3) is 0.382. The van der Waals surface area contributed by atoms with E-state index >= 15 is 0 Å². The maximum atomic E-state index is 7.08. The van der Waals surface area contributed by atoms with E-state index in [2.05, 4.69) is 96.2 Å². The van der Waals surface area contributed by atoms with Crippen molar-refractivity contribution in [2.24, 2.45) is 0 Å². The van der Waals surface area contributed by atoms with E-state index in [0.29, 0.717) is 0 Å². The Morgan fingerprint density at radius 3 is 2.10 bits per heavy atom. The first-order chi connectivity index (χ1) is 19.1. The minimum atomic E-state index is 0.762. The first-order valence-electron chi connectivity index (χ1n) is 14.2. The van der Waals surface area contributed by atoms with E-state index in [1.54, 1.807) is 0 Å². The van der Waals surface area contributed by atoms with E-state index in [1.807, 2.05) is 0 Å². The molecule has 0 amide bonds. The van der Waals surface area contributed by atoms with Gasteiger partial charge >= 0.3 is 0 Å². The third-order valence-electron chi connectivity index (χ3n) is 7.74. The number of aryl methyl sites for hydroxylation is 2. The number of allylic oxidation sites excluding steroid dienone is 7. The molecule has 204 valence electrons. The highest BCUT2D eigenvalue weighted by molar-refractivity contribution is 6.32. The van der Waals surface area contributed by atoms with Gasteiger partial charge in [-0.05, 0) is 68.0 Å². The minimum absolute atomic E-state index is 0.762. The van der Waals surface area contributed by atoms with Crippen molar-refractivity contribution in [1.82, 2.24) is 4.90 Å². The normalized spacial score (nSPS) is 20.3. The molecule has 0 spiro atoms. The predicted octanol–water partition coefficient (Wildman–Crippen LogP) is 6.67. The van der Waals surface area contributed by atoms with Gasteiger partial charge < -0.3 is 14.4 Å². The lowest BCUT2D eigenvalue weighted by Gasteiger charge is -2.31. The first-order valence-corrected chi connectivity index (χ1v) is 14.6. The van der Waals surface area contributed by atoms with Crippen LogP contribution in [0.2, 0.25) is 0 Å². The molecule has 2 saturated heterocycles. The number of ether oxygens (including phenoxy) is 2. The lowest BCUT2D eigenvalue weighted by molar-refractivity contribution is -0.548. The molecule has 1 aliphatic carbocycles. The van der Waals surface area contributed by atoms with Crippen molar-refractivity contribution >= 4 is 23.0 Å². The van der Waals surface area contributed by atoms with Gasteiger partial charge in [0.15, 0.2) is 13.1 Å². The smallest absolute Gasteiger partial charge is 0.207 e. The third kappa shape index (κ3) is 7.19. The fourth-order valence-electron chi connectivity index (χ4n) is 5.39. The average molecular weight is 544 g/mol. The van der Waals surface area contributed by atoms with Crippen molar-refractivity contribution in [2.45, 2.75) is 33.1 Å². The Hall–Kier alpha value is -2.92. The molecule has 0 saturated carbocycles. The van der Waals surface area contributed by atoms with Crippen molar-refractivity contribution in [3.63, 3.8) is 0 Å². The molecule has 3 aliphatic rings. The summed E-state index contributed by atoms with van der Waals surface area (Å²) in [7, 11) is 0. The van der Waals surface area contributed by atoms with Crippen molar-refractivity contribution in [2.75, 3.05) is 52.6 Å². The molecule has 2 aromatic rings. The van der Waals surface area contributed by atoms with E-state index < -0.39 is 0 Å². The Bertz CT molecular complexity index is 1290. The molecule has 4 nitrogen and oxygen atoms in total. The second-order valence-electron chi connectivity index (χ2n) is 10.6. The number of hydrogen-bond donors (Lipinski definition) is 0. The van der Waals surface area contributed by atoms with Gasteiger partial charge in [0, 0.05) is 35.5 Å². The van der Waals surface area contributed by atoms with Crippen LogP contribution in [0.15, 0.2) is 89.0 Å². The largest absolute Gasteiger partial charge is 0.378 e. The molecule has 2 aliphatic heterocycles. The Labute approximate surface area is 238 Å². The van der Waals surface area contributed by atoms with Crippen LogP contribution in [0.1, 0.15) is 41.5 Å². The standard InChI is InChI=1S/C34H40ClN2O2/c1-26-6-10-28(11-7-26)32(36-18-22-38-23-19-36)16-14-30-4-3-5-31(34(30)35)15-17-33(37-20-24-39-25-21-37)29-12-8-27(2)9-13-29/h6-17H,3-5,18-25H2,1-2H3/q+1. The number of rotatable bonds is 6. The highest BCUT2D eigenvalue weighted by atomic mass is 35.5. The lowest BCUT2D eigenvalue weighted by atomic mass is 9.93. The SMILES string of the molecule is Cc1ccc(C(/C=C/C2=C(Cl)C(=C\C=C(/c3ccc(C)cc3)N3CCOCC3)/CCC2)=[N+]2CCOCC2)cc1. The Kier molecular flexibility index (Phi) is 9.52. The Balaban J connectivity index is 1.45. The summed E-state index contributed by atoms with van der Waals surface area (Å²) >= 11 is 7.08. The van der Waals surface area contributed by atoms with Crippen LogP contribution >= 0.6 is 11.6 Å². The summed E-state index contributed by atoms with van der Waals surface area (Å²) in [5.74, 6) is 0. The summed E-state index contributed by atoms with van der Waals surface area (Å²) in [6, 6.07) is 17.6. The summed E-state index contributed by atoms with van der Waals surface area (Å²) in [6.45, 7) is 10.9. The number of halogens is 1. The highest BCUT2D eigenvalue weighted by Crippen LogP contribution is 2.34. The Morgan fingerprint density at radius 1 is 0.821 bits per heavy atom. The number of hydrogen-bond acceptors (Lipinski definition) is 3. The van der Waals surface area contributed by atoms with E-state index in [-0.39, 0.29) is 0 Å². The zero-order valence-corrected chi connectivity index (χ0v) is 24.1. The summed E-state index contributed by atoms with van der Waals surface area (Å²) in [6.07, 6.45) is 12.1. The van der Waals surface area contributed by atoms with Crippen LogP contribution in [0.5, 0.6) is 0 Å². The molecule has 0 bridgehead atoms. The fourth-order valence-corrected chi connectivity index (χ4v) is 5.71. The second kappa shape index (κ2) is 13.4. The van der Waals surface area contributed by atoms with Gasteiger partial charge in [-0.1, -0.05) is 71.3 Å². The molecule has 5 rings (SSSR count). The van der Waals surface area contributed by atoms with Crippen LogP contribution in [-0.4, -0.2) is 67.8 Å². The van der Waals surface area contributed by atoms with Crippen molar-refractivity contribution in [3.05, 3.63) is 111 Å². The molecular weight excluding hydrogens is 504 g/mol. The number of morpholine rings is 2. The summed E-state index contributed by atoms with van der Waals surface area (Å²) in [4.78, 5) is 2.43. The first kappa shape index (κ1) is 27.6. The zero-order chi connectivity index (χ0) is 27.0. The van der Waals surface area contributed by atoms with E-state index in [4.69, 9.17) is 21.1 Å². The van der Waals surface area contributed by atoms with Crippen LogP contribution in [0, 0.1) is 13.8 Å². The second-order valence-corrected chi connectivity index (χ2v) is 11.0. The van der Waals surface area contributed by atoms with E-state index in [1.165, 1.54) is 44.8 Å². The highest BCUT2D eigenvalue weighted by Gasteiger charge is 2.20. The van der Waals surface area contributed by atoms with Gasteiger partial charge in [0.2, 0.25) is 5.71 Å². The average Bonchev–Trinajstić information content (AvgIpc) is 2.97. The van der Waals surface area contributed by atoms with Crippen molar-refractivity contribution in [1.29, 1.82) is 0 Å². The molecule has 5 heteroatoms. The lowest BCUT2D eigenvalue weighted by Crippen LogP contribution is -2.34. The Morgan fingerprint density at radius 2 is 1.44 bits per heavy atom. The predicted molar refractivity (Wildman–Crippen MR) is 162 cm³/mol. The molecule has 0 unspecified atom stereocenters.